The summed E-state index contributed by atoms with van der Waals surface area (Å²) in [5, 5.41) is 0. The molecule has 0 radical (unpaired) electrons. The van der Waals surface area contributed by atoms with Crippen LogP contribution in [0.25, 0.3) is 0 Å². The fourth-order valence-electron chi connectivity index (χ4n) is 3.65. The molecule has 0 aromatic rings. The van der Waals surface area contributed by atoms with Crippen molar-refractivity contribution < 1.29 is 0 Å². The summed E-state index contributed by atoms with van der Waals surface area (Å²) in [5.74, 6) is 1.67. The van der Waals surface area contributed by atoms with Gasteiger partial charge in [0.2, 0.25) is 0 Å². The van der Waals surface area contributed by atoms with Crippen LogP contribution in [0.3, 0.4) is 0 Å². The van der Waals surface area contributed by atoms with Crippen molar-refractivity contribution in [2.75, 3.05) is 19.6 Å². The van der Waals surface area contributed by atoms with Gasteiger partial charge < -0.3 is 5.73 Å². The molecule has 2 N–H and O–H groups in total. The molecule has 2 nitrogen and oxygen atoms in total. The van der Waals surface area contributed by atoms with Gasteiger partial charge in [-0.2, -0.15) is 0 Å². The lowest BCUT2D eigenvalue weighted by Crippen LogP contribution is -2.47. The van der Waals surface area contributed by atoms with E-state index in [2.05, 4.69) is 11.8 Å². The Hall–Kier alpha value is -0.0800. The third-order valence-corrected chi connectivity index (χ3v) is 4.58. The summed E-state index contributed by atoms with van der Waals surface area (Å²) in [6.07, 6.45) is 9.84. The molecular weight excluding hydrogens is 196 g/mol. The zero-order chi connectivity index (χ0) is 11.4. The summed E-state index contributed by atoms with van der Waals surface area (Å²) in [5.41, 5.74) is 5.98. The Morgan fingerprint density at radius 3 is 2.62 bits per heavy atom. The number of nitrogens with two attached hydrogens (primary N) is 1. The third kappa shape index (κ3) is 2.98. The van der Waals surface area contributed by atoms with E-state index in [0.717, 1.165) is 24.4 Å². The summed E-state index contributed by atoms with van der Waals surface area (Å²) < 4.78 is 0. The van der Waals surface area contributed by atoms with Gasteiger partial charge in [0.05, 0.1) is 0 Å². The first-order valence-electron chi connectivity index (χ1n) is 7.25. The third-order valence-electron chi connectivity index (χ3n) is 4.58. The lowest BCUT2D eigenvalue weighted by Gasteiger charge is -2.40. The molecule has 2 heteroatoms. The van der Waals surface area contributed by atoms with Crippen molar-refractivity contribution in [2.24, 2.45) is 17.6 Å². The molecule has 0 spiro atoms. The van der Waals surface area contributed by atoms with Crippen LogP contribution in [0.4, 0.5) is 0 Å². The summed E-state index contributed by atoms with van der Waals surface area (Å²) in [6.45, 7) is 5.95. The number of likely N-dealkylation sites (tertiary alicyclic amines) is 1. The molecule has 3 atom stereocenters. The zero-order valence-electron chi connectivity index (χ0n) is 10.8. The molecular formula is C14H28N2. The molecule has 1 saturated heterocycles. The lowest BCUT2D eigenvalue weighted by atomic mass is 9.90. The van der Waals surface area contributed by atoms with E-state index in [9.17, 15) is 0 Å². The molecule has 1 saturated carbocycles. The van der Waals surface area contributed by atoms with Crippen LogP contribution in [0.2, 0.25) is 0 Å². The number of hydrogen-bond acceptors (Lipinski definition) is 2. The Labute approximate surface area is 101 Å². The fraction of sp³-hybridized carbons (Fsp3) is 1.00. The molecule has 3 unspecified atom stereocenters. The molecule has 1 aliphatic heterocycles. The Bertz CT molecular complexity index is 205. The second kappa shape index (κ2) is 6.02. The molecule has 2 fully saturated rings. The average Bonchev–Trinajstić information content (AvgIpc) is 2.53. The van der Waals surface area contributed by atoms with E-state index >= 15 is 0 Å². The molecule has 2 rings (SSSR count). The van der Waals surface area contributed by atoms with Crippen molar-refractivity contribution in [2.45, 2.75) is 57.9 Å². The van der Waals surface area contributed by atoms with E-state index in [0.29, 0.717) is 0 Å². The Morgan fingerprint density at radius 2 is 1.88 bits per heavy atom. The molecule has 2 aliphatic rings. The summed E-state index contributed by atoms with van der Waals surface area (Å²) in [7, 11) is 0. The predicted octanol–water partition coefficient (Wildman–Crippen LogP) is 2.63. The van der Waals surface area contributed by atoms with Crippen molar-refractivity contribution in [3.8, 4) is 0 Å². The predicted molar refractivity (Wildman–Crippen MR) is 69.4 cm³/mol. The minimum Gasteiger partial charge on any atom is -0.330 e. The van der Waals surface area contributed by atoms with Crippen LogP contribution in [0, 0.1) is 11.8 Å². The van der Waals surface area contributed by atoms with Crippen molar-refractivity contribution in [3.05, 3.63) is 0 Å². The maximum Gasteiger partial charge on any atom is 0.0136 e. The highest BCUT2D eigenvalue weighted by molar-refractivity contribution is 4.85. The van der Waals surface area contributed by atoms with Gasteiger partial charge in [0.1, 0.15) is 0 Å². The monoisotopic (exact) mass is 224 g/mol. The van der Waals surface area contributed by atoms with Crippen molar-refractivity contribution in [3.63, 3.8) is 0 Å². The van der Waals surface area contributed by atoms with Gasteiger partial charge in [0.25, 0.3) is 0 Å². The Morgan fingerprint density at radius 1 is 1.06 bits per heavy atom. The molecule has 1 heterocycles. The number of piperidine rings is 1. The molecule has 1 aliphatic carbocycles. The van der Waals surface area contributed by atoms with Gasteiger partial charge in [0, 0.05) is 12.6 Å². The topological polar surface area (TPSA) is 29.3 Å². The quantitative estimate of drug-likeness (QED) is 0.731. The van der Waals surface area contributed by atoms with E-state index in [1.807, 2.05) is 0 Å². The molecule has 0 aromatic heterocycles. The van der Waals surface area contributed by atoms with Crippen LogP contribution in [-0.2, 0) is 0 Å². The summed E-state index contributed by atoms with van der Waals surface area (Å²) in [4.78, 5) is 2.76. The summed E-state index contributed by atoms with van der Waals surface area (Å²) >= 11 is 0. The van der Waals surface area contributed by atoms with E-state index in [1.54, 1.807) is 0 Å². The molecule has 94 valence electrons. The number of rotatable bonds is 2. The van der Waals surface area contributed by atoms with Crippen LogP contribution in [0.1, 0.15) is 51.9 Å². The highest BCUT2D eigenvalue weighted by Crippen LogP contribution is 2.29. The van der Waals surface area contributed by atoms with Gasteiger partial charge in [-0.05, 0) is 50.6 Å². The van der Waals surface area contributed by atoms with E-state index in [-0.39, 0.29) is 0 Å². The molecule has 0 amide bonds. The van der Waals surface area contributed by atoms with Crippen molar-refractivity contribution >= 4 is 0 Å². The maximum absolute atomic E-state index is 5.98. The van der Waals surface area contributed by atoms with Gasteiger partial charge in [-0.1, -0.05) is 26.2 Å². The minimum atomic E-state index is 0.771. The van der Waals surface area contributed by atoms with Crippen LogP contribution in [0.15, 0.2) is 0 Å². The first kappa shape index (κ1) is 12.4. The molecule has 0 bridgehead atoms. The standard InChI is InChI=1S/C14H28N2/c1-12-6-5-9-16(11-12)14-8-4-2-3-7-13(14)10-15/h12-14H,2-11,15H2,1H3. The Balaban J connectivity index is 1.97. The average molecular weight is 224 g/mol. The smallest absolute Gasteiger partial charge is 0.0136 e. The van der Waals surface area contributed by atoms with Gasteiger partial charge in [0.15, 0.2) is 0 Å². The first-order valence-corrected chi connectivity index (χ1v) is 7.25. The second-order valence-electron chi connectivity index (χ2n) is 5.94. The van der Waals surface area contributed by atoms with Gasteiger partial charge >= 0.3 is 0 Å². The minimum absolute atomic E-state index is 0.771. The number of nitrogens with zero attached hydrogens (tertiary/aromatic N) is 1. The van der Waals surface area contributed by atoms with E-state index in [4.69, 9.17) is 5.73 Å². The van der Waals surface area contributed by atoms with E-state index < -0.39 is 0 Å². The number of hydrogen-bond donors (Lipinski definition) is 1. The molecule has 16 heavy (non-hydrogen) atoms. The highest BCUT2D eigenvalue weighted by atomic mass is 15.2. The van der Waals surface area contributed by atoms with Crippen molar-refractivity contribution in [1.82, 2.24) is 4.90 Å². The summed E-state index contributed by atoms with van der Waals surface area (Å²) in [6, 6.07) is 0.801. The van der Waals surface area contributed by atoms with Gasteiger partial charge in [-0.25, -0.2) is 0 Å². The maximum atomic E-state index is 5.98. The van der Waals surface area contributed by atoms with Crippen LogP contribution >= 0.6 is 0 Å². The lowest BCUT2D eigenvalue weighted by molar-refractivity contribution is 0.0882. The normalized spacial score (nSPS) is 38.2. The SMILES string of the molecule is CC1CCCN(C2CCCCCC2CN)C1. The van der Waals surface area contributed by atoms with Gasteiger partial charge in [-0.15, -0.1) is 0 Å². The van der Waals surface area contributed by atoms with Crippen molar-refractivity contribution in [1.29, 1.82) is 0 Å². The second-order valence-corrected chi connectivity index (χ2v) is 5.94. The van der Waals surface area contributed by atoms with Crippen LogP contribution in [0.5, 0.6) is 0 Å². The Kier molecular flexibility index (Phi) is 4.66. The largest absolute Gasteiger partial charge is 0.330 e. The van der Waals surface area contributed by atoms with Gasteiger partial charge in [-0.3, -0.25) is 4.90 Å². The fourth-order valence-corrected chi connectivity index (χ4v) is 3.65. The first-order chi connectivity index (χ1) is 7.81. The zero-order valence-corrected chi connectivity index (χ0v) is 10.8. The van der Waals surface area contributed by atoms with Crippen LogP contribution < -0.4 is 5.73 Å². The van der Waals surface area contributed by atoms with E-state index in [1.165, 1.54) is 58.0 Å². The molecule has 0 aromatic carbocycles. The highest BCUT2D eigenvalue weighted by Gasteiger charge is 2.30. The van der Waals surface area contributed by atoms with Crippen LogP contribution in [-0.4, -0.2) is 30.6 Å².